The molecule has 0 aromatic carbocycles. The number of amides is 2. The number of thiophene rings is 1. The molecule has 2 amide bonds. The Balaban J connectivity index is 2.00. The van der Waals surface area contributed by atoms with Gasteiger partial charge in [0.2, 0.25) is 0 Å². The zero-order valence-corrected chi connectivity index (χ0v) is 12.8. The van der Waals surface area contributed by atoms with E-state index in [9.17, 15) is 9.59 Å². The highest BCUT2D eigenvalue weighted by molar-refractivity contribution is 7.14. The number of carbonyl (C=O) groups is 2. The number of ether oxygens (including phenoxy) is 1. The van der Waals surface area contributed by atoms with Gasteiger partial charge >= 0.3 is 12.0 Å². The van der Waals surface area contributed by atoms with Gasteiger partial charge in [0.05, 0.1) is 30.0 Å². The van der Waals surface area contributed by atoms with E-state index in [-0.39, 0.29) is 12.1 Å². The van der Waals surface area contributed by atoms with E-state index in [1.165, 1.54) is 23.3 Å². The number of furan rings is 1. The molecule has 0 aliphatic rings. The summed E-state index contributed by atoms with van der Waals surface area (Å²) in [4.78, 5) is 25.0. The Kier molecular flexibility index (Phi) is 4.64. The maximum atomic E-state index is 12.2. The van der Waals surface area contributed by atoms with Crippen LogP contribution in [0, 0.1) is 0 Å². The Bertz CT molecular complexity index is 621. The first kappa shape index (κ1) is 15.1. The maximum Gasteiger partial charge on any atom is 0.338 e. The number of nitrogens with one attached hydrogen (secondary N) is 1. The molecule has 0 radical (unpaired) electrons. The van der Waals surface area contributed by atoms with Gasteiger partial charge in [-0.05, 0) is 25.1 Å². The molecule has 6 nitrogen and oxygen atoms in total. The van der Waals surface area contributed by atoms with Crippen molar-refractivity contribution in [1.82, 2.24) is 4.90 Å². The third-order valence-corrected chi connectivity index (χ3v) is 3.95. The fraction of sp³-hybridized carbons (Fsp3) is 0.286. The summed E-state index contributed by atoms with van der Waals surface area (Å²) in [6, 6.07) is 4.70. The number of nitrogens with zero attached hydrogens (tertiary/aromatic N) is 1. The lowest BCUT2D eigenvalue weighted by Crippen LogP contribution is -2.33. The normalized spacial score (nSPS) is 11.8. The van der Waals surface area contributed by atoms with Crippen LogP contribution in [0.3, 0.4) is 0 Å². The highest BCUT2D eigenvalue weighted by atomic mass is 32.1. The summed E-state index contributed by atoms with van der Waals surface area (Å²) in [7, 11) is 2.99. The molecular weight excluding hydrogens is 292 g/mol. The SMILES string of the molecule is COC(=O)c1csc(NC(=O)N(C)C(C)c2ccco2)c1. The van der Waals surface area contributed by atoms with Crippen LogP contribution >= 0.6 is 11.3 Å². The van der Waals surface area contributed by atoms with Crippen molar-refractivity contribution in [2.24, 2.45) is 0 Å². The van der Waals surface area contributed by atoms with Crippen LogP contribution in [0.4, 0.5) is 9.80 Å². The predicted octanol–water partition coefficient (Wildman–Crippen LogP) is 3.35. The zero-order chi connectivity index (χ0) is 15.4. The van der Waals surface area contributed by atoms with Crippen LogP contribution in [0.15, 0.2) is 34.3 Å². The van der Waals surface area contributed by atoms with Crippen molar-refractivity contribution in [3.05, 3.63) is 41.2 Å². The van der Waals surface area contributed by atoms with Gasteiger partial charge in [0.1, 0.15) is 5.76 Å². The molecule has 112 valence electrons. The minimum Gasteiger partial charge on any atom is -0.467 e. The molecule has 1 atom stereocenters. The number of anilines is 1. The Hall–Kier alpha value is -2.28. The molecule has 0 bridgehead atoms. The Morgan fingerprint density at radius 2 is 2.24 bits per heavy atom. The quantitative estimate of drug-likeness (QED) is 0.879. The van der Waals surface area contributed by atoms with E-state index in [4.69, 9.17) is 4.42 Å². The van der Waals surface area contributed by atoms with E-state index >= 15 is 0 Å². The lowest BCUT2D eigenvalue weighted by molar-refractivity contribution is 0.0601. The number of methoxy groups -OCH3 is 1. The molecule has 2 heterocycles. The fourth-order valence-corrected chi connectivity index (χ4v) is 2.48. The van der Waals surface area contributed by atoms with E-state index in [1.54, 1.807) is 30.8 Å². The van der Waals surface area contributed by atoms with E-state index in [0.717, 1.165) is 0 Å². The van der Waals surface area contributed by atoms with Crippen molar-refractivity contribution in [3.63, 3.8) is 0 Å². The van der Waals surface area contributed by atoms with Crippen LogP contribution in [0.25, 0.3) is 0 Å². The topological polar surface area (TPSA) is 71.8 Å². The molecular formula is C14H16N2O4S. The summed E-state index contributed by atoms with van der Waals surface area (Å²) in [5.74, 6) is 0.276. The van der Waals surface area contributed by atoms with Crippen molar-refractivity contribution in [1.29, 1.82) is 0 Å². The van der Waals surface area contributed by atoms with Gasteiger partial charge in [-0.15, -0.1) is 11.3 Å². The second-order valence-electron chi connectivity index (χ2n) is 4.42. The molecule has 21 heavy (non-hydrogen) atoms. The maximum absolute atomic E-state index is 12.2. The average Bonchev–Trinajstić information content (AvgIpc) is 3.16. The Morgan fingerprint density at radius 1 is 1.48 bits per heavy atom. The minimum atomic E-state index is -0.427. The lowest BCUT2D eigenvalue weighted by atomic mass is 10.2. The second kappa shape index (κ2) is 6.45. The Morgan fingerprint density at radius 3 is 2.86 bits per heavy atom. The van der Waals surface area contributed by atoms with Gasteiger partial charge in [0.15, 0.2) is 0 Å². The van der Waals surface area contributed by atoms with Crippen molar-refractivity contribution in [2.75, 3.05) is 19.5 Å². The van der Waals surface area contributed by atoms with Crippen LogP contribution in [-0.2, 0) is 4.74 Å². The lowest BCUT2D eigenvalue weighted by Gasteiger charge is -2.23. The van der Waals surface area contributed by atoms with E-state index in [2.05, 4.69) is 10.1 Å². The molecule has 0 aliphatic heterocycles. The summed E-state index contributed by atoms with van der Waals surface area (Å²) >= 11 is 1.27. The van der Waals surface area contributed by atoms with Crippen molar-refractivity contribution in [3.8, 4) is 0 Å². The van der Waals surface area contributed by atoms with Gasteiger partial charge in [-0.3, -0.25) is 5.32 Å². The van der Waals surface area contributed by atoms with Gasteiger partial charge in [-0.1, -0.05) is 0 Å². The summed E-state index contributed by atoms with van der Waals surface area (Å²) in [5.41, 5.74) is 0.416. The smallest absolute Gasteiger partial charge is 0.338 e. The molecule has 2 aromatic heterocycles. The second-order valence-corrected chi connectivity index (χ2v) is 5.33. The van der Waals surface area contributed by atoms with Crippen LogP contribution in [-0.4, -0.2) is 31.1 Å². The van der Waals surface area contributed by atoms with Crippen LogP contribution < -0.4 is 5.32 Å². The number of hydrogen-bond acceptors (Lipinski definition) is 5. The summed E-state index contributed by atoms with van der Waals surface area (Å²) in [6.07, 6.45) is 1.57. The molecule has 0 fully saturated rings. The van der Waals surface area contributed by atoms with Crippen molar-refractivity contribution in [2.45, 2.75) is 13.0 Å². The highest BCUT2D eigenvalue weighted by Crippen LogP contribution is 2.23. The first-order valence-corrected chi connectivity index (χ1v) is 7.15. The minimum absolute atomic E-state index is 0.194. The van der Waals surface area contributed by atoms with Crippen molar-refractivity contribution >= 4 is 28.3 Å². The molecule has 0 saturated carbocycles. The molecule has 0 saturated heterocycles. The molecule has 0 aliphatic carbocycles. The highest BCUT2D eigenvalue weighted by Gasteiger charge is 2.20. The predicted molar refractivity (Wildman–Crippen MR) is 79.6 cm³/mol. The standard InChI is InChI=1S/C14H16N2O4S/c1-9(11-5-4-6-20-11)16(2)14(18)15-12-7-10(8-21-12)13(17)19-3/h4-9H,1-3H3,(H,15,18). The van der Waals surface area contributed by atoms with Gasteiger partial charge in [-0.25, -0.2) is 9.59 Å². The van der Waals surface area contributed by atoms with Crippen LogP contribution in [0.1, 0.15) is 29.1 Å². The third kappa shape index (κ3) is 3.43. The first-order chi connectivity index (χ1) is 10.0. The molecule has 0 spiro atoms. The number of hydrogen-bond donors (Lipinski definition) is 1. The largest absolute Gasteiger partial charge is 0.467 e. The van der Waals surface area contributed by atoms with Crippen molar-refractivity contribution < 1.29 is 18.7 Å². The average molecular weight is 308 g/mol. The van der Waals surface area contributed by atoms with Gasteiger partial charge in [0, 0.05) is 12.4 Å². The van der Waals surface area contributed by atoms with E-state index < -0.39 is 5.97 Å². The van der Waals surface area contributed by atoms with Crippen LogP contribution in [0.5, 0.6) is 0 Å². The summed E-state index contributed by atoms with van der Waals surface area (Å²) in [6.45, 7) is 1.87. The first-order valence-electron chi connectivity index (χ1n) is 6.27. The third-order valence-electron chi connectivity index (χ3n) is 3.11. The number of urea groups is 1. The van der Waals surface area contributed by atoms with Gasteiger partial charge in [-0.2, -0.15) is 0 Å². The number of carbonyl (C=O) groups excluding carboxylic acids is 2. The fourth-order valence-electron chi connectivity index (χ4n) is 1.72. The van der Waals surface area contributed by atoms with Gasteiger partial charge < -0.3 is 14.1 Å². The van der Waals surface area contributed by atoms with Gasteiger partial charge in [0.25, 0.3) is 0 Å². The number of rotatable bonds is 4. The molecule has 2 rings (SSSR count). The Labute approximate surface area is 126 Å². The zero-order valence-electron chi connectivity index (χ0n) is 12.0. The summed E-state index contributed by atoms with van der Waals surface area (Å²) in [5, 5.41) is 4.96. The monoisotopic (exact) mass is 308 g/mol. The van der Waals surface area contributed by atoms with E-state index in [0.29, 0.717) is 16.3 Å². The number of esters is 1. The molecule has 1 unspecified atom stereocenters. The molecule has 7 heteroatoms. The van der Waals surface area contributed by atoms with Crippen LogP contribution in [0.2, 0.25) is 0 Å². The molecule has 2 aromatic rings. The van der Waals surface area contributed by atoms with E-state index in [1.807, 2.05) is 13.0 Å². The molecule has 1 N–H and O–H groups in total. The summed E-state index contributed by atoms with van der Waals surface area (Å²) < 4.78 is 9.91.